The Morgan fingerprint density at radius 1 is 1.22 bits per heavy atom. The summed E-state index contributed by atoms with van der Waals surface area (Å²) in [5, 5.41) is 22.2. The summed E-state index contributed by atoms with van der Waals surface area (Å²) in [6.07, 6.45) is 1.78. The zero-order valence-corrected chi connectivity index (χ0v) is 13.5. The molecule has 0 spiro atoms. The molecule has 23 heavy (non-hydrogen) atoms. The van der Waals surface area contributed by atoms with Gasteiger partial charge in [0, 0.05) is 25.7 Å². The molecule has 2 aromatic rings. The van der Waals surface area contributed by atoms with E-state index < -0.39 is 6.10 Å². The van der Waals surface area contributed by atoms with E-state index in [1.807, 2.05) is 49.4 Å². The molecule has 5 nitrogen and oxygen atoms in total. The van der Waals surface area contributed by atoms with Crippen LogP contribution in [0.5, 0.6) is 0 Å². The van der Waals surface area contributed by atoms with Crippen LogP contribution in [0.15, 0.2) is 42.5 Å². The van der Waals surface area contributed by atoms with Gasteiger partial charge in [0.1, 0.15) is 0 Å². The van der Waals surface area contributed by atoms with E-state index in [1.54, 1.807) is 0 Å². The average Bonchev–Trinajstić information content (AvgIpc) is 2.61. The van der Waals surface area contributed by atoms with Gasteiger partial charge in [-0.2, -0.15) is 5.10 Å². The van der Waals surface area contributed by atoms with E-state index in [-0.39, 0.29) is 0 Å². The molecule has 0 aliphatic carbocycles. The Hall–Kier alpha value is -1.98. The number of hydrogen-bond donors (Lipinski definition) is 2. The largest absolute Gasteiger partial charge is 0.387 e. The zero-order valence-electron chi connectivity index (χ0n) is 13.5. The Kier molecular flexibility index (Phi) is 5.20. The molecule has 2 N–H and O–H groups in total. The summed E-state index contributed by atoms with van der Waals surface area (Å²) in [4.78, 5) is 2.27. The molecule has 0 saturated carbocycles. The molecule has 0 bridgehead atoms. The minimum Gasteiger partial charge on any atom is -0.387 e. The molecular weight excluding hydrogens is 288 g/mol. The second kappa shape index (κ2) is 7.53. The lowest BCUT2D eigenvalue weighted by Crippen LogP contribution is -2.47. The van der Waals surface area contributed by atoms with E-state index in [0.29, 0.717) is 12.6 Å². The zero-order chi connectivity index (χ0) is 16.1. The summed E-state index contributed by atoms with van der Waals surface area (Å²) in [6.45, 7) is 4.43. The Balaban J connectivity index is 1.53. The summed E-state index contributed by atoms with van der Waals surface area (Å²) in [6, 6.07) is 14.2. The van der Waals surface area contributed by atoms with Gasteiger partial charge in [0.2, 0.25) is 0 Å². The Bertz CT molecular complexity index is 602. The van der Waals surface area contributed by atoms with E-state index in [9.17, 15) is 5.11 Å². The molecular formula is C18H24N4O. The van der Waals surface area contributed by atoms with Crippen LogP contribution in [0.4, 0.5) is 5.82 Å². The topological polar surface area (TPSA) is 61.3 Å². The van der Waals surface area contributed by atoms with Gasteiger partial charge < -0.3 is 15.3 Å². The molecule has 1 aromatic carbocycles. The molecule has 1 aliphatic heterocycles. The van der Waals surface area contributed by atoms with Crippen LogP contribution < -0.4 is 10.2 Å². The Labute approximate surface area is 137 Å². The first-order valence-corrected chi connectivity index (χ1v) is 8.24. The van der Waals surface area contributed by atoms with E-state index in [2.05, 4.69) is 20.4 Å². The van der Waals surface area contributed by atoms with Crippen LogP contribution in [-0.2, 0) is 0 Å². The lowest BCUT2D eigenvalue weighted by Gasteiger charge is -2.34. The SMILES string of the molecule is Cc1ccc(N2CCC[C@H](NC[C@H](O)c3ccccc3)C2)nn1. The van der Waals surface area contributed by atoms with Crippen LogP contribution in [-0.4, -0.2) is 41.0 Å². The molecule has 1 fully saturated rings. The van der Waals surface area contributed by atoms with Gasteiger partial charge in [-0.25, -0.2) is 0 Å². The number of nitrogens with zero attached hydrogens (tertiary/aromatic N) is 3. The van der Waals surface area contributed by atoms with Crippen LogP contribution in [0.25, 0.3) is 0 Å². The number of aryl methyl sites for hydroxylation is 1. The monoisotopic (exact) mass is 312 g/mol. The fourth-order valence-corrected chi connectivity index (χ4v) is 2.98. The first-order chi connectivity index (χ1) is 11.2. The van der Waals surface area contributed by atoms with E-state index in [0.717, 1.165) is 43.0 Å². The minimum atomic E-state index is -0.467. The number of aromatic nitrogens is 2. The second-order valence-electron chi connectivity index (χ2n) is 6.15. The summed E-state index contributed by atoms with van der Waals surface area (Å²) in [5.41, 5.74) is 1.89. The van der Waals surface area contributed by atoms with Crippen molar-refractivity contribution in [3.63, 3.8) is 0 Å². The number of rotatable bonds is 5. The van der Waals surface area contributed by atoms with Gasteiger partial charge in [0.15, 0.2) is 5.82 Å². The van der Waals surface area contributed by atoms with Gasteiger partial charge in [-0.05, 0) is 37.5 Å². The van der Waals surface area contributed by atoms with Crippen molar-refractivity contribution >= 4 is 5.82 Å². The molecule has 0 unspecified atom stereocenters. The number of nitrogens with one attached hydrogen (secondary N) is 1. The highest BCUT2D eigenvalue weighted by Gasteiger charge is 2.21. The number of piperidine rings is 1. The molecule has 3 rings (SSSR count). The molecule has 0 radical (unpaired) electrons. The van der Waals surface area contributed by atoms with Crippen molar-refractivity contribution in [3.05, 3.63) is 53.7 Å². The maximum atomic E-state index is 10.3. The lowest BCUT2D eigenvalue weighted by molar-refractivity contribution is 0.168. The van der Waals surface area contributed by atoms with Gasteiger partial charge in [-0.1, -0.05) is 30.3 Å². The molecule has 1 aromatic heterocycles. The van der Waals surface area contributed by atoms with Crippen LogP contribution in [0, 0.1) is 6.92 Å². The number of hydrogen-bond acceptors (Lipinski definition) is 5. The van der Waals surface area contributed by atoms with Crippen molar-refractivity contribution in [1.29, 1.82) is 0 Å². The normalized spacial score (nSPS) is 19.6. The van der Waals surface area contributed by atoms with Gasteiger partial charge in [0.25, 0.3) is 0 Å². The number of aliphatic hydroxyl groups is 1. The molecule has 122 valence electrons. The second-order valence-corrected chi connectivity index (χ2v) is 6.15. The van der Waals surface area contributed by atoms with E-state index >= 15 is 0 Å². The van der Waals surface area contributed by atoms with Crippen LogP contribution >= 0.6 is 0 Å². The number of benzene rings is 1. The fraction of sp³-hybridized carbons (Fsp3) is 0.444. The summed E-state index contributed by atoms with van der Waals surface area (Å²) in [7, 11) is 0. The van der Waals surface area contributed by atoms with Gasteiger partial charge >= 0.3 is 0 Å². The molecule has 1 aliphatic rings. The lowest BCUT2D eigenvalue weighted by atomic mass is 10.0. The van der Waals surface area contributed by atoms with Crippen molar-refractivity contribution < 1.29 is 5.11 Å². The molecule has 5 heteroatoms. The van der Waals surface area contributed by atoms with Gasteiger partial charge in [-0.15, -0.1) is 5.10 Å². The average molecular weight is 312 g/mol. The predicted octanol–water partition coefficient (Wildman–Crippen LogP) is 2.08. The third-order valence-corrected chi connectivity index (χ3v) is 4.31. The summed E-state index contributed by atoms with van der Waals surface area (Å²) >= 11 is 0. The Morgan fingerprint density at radius 2 is 2.04 bits per heavy atom. The highest BCUT2D eigenvalue weighted by atomic mass is 16.3. The summed E-state index contributed by atoms with van der Waals surface area (Å²) in [5.74, 6) is 0.936. The van der Waals surface area contributed by atoms with Crippen LogP contribution in [0.3, 0.4) is 0 Å². The maximum absolute atomic E-state index is 10.3. The quantitative estimate of drug-likeness (QED) is 0.885. The molecule has 1 saturated heterocycles. The van der Waals surface area contributed by atoms with Crippen LogP contribution in [0.1, 0.15) is 30.2 Å². The van der Waals surface area contributed by atoms with Crippen molar-refractivity contribution in [2.24, 2.45) is 0 Å². The third-order valence-electron chi connectivity index (χ3n) is 4.31. The number of aliphatic hydroxyl groups excluding tert-OH is 1. The fourth-order valence-electron chi connectivity index (χ4n) is 2.98. The third kappa shape index (κ3) is 4.27. The molecule has 2 heterocycles. The molecule has 0 amide bonds. The Morgan fingerprint density at radius 3 is 2.78 bits per heavy atom. The standard InChI is InChI=1S/C18H24N4O/c1-14-9-10-18(21-20-14)22-11-5-8-16(13-22)19-12-17(23)15-6-3-2-4-7-15/h2-4,6-7,9-10,16-17,19,23H,5,8,11-13H2,1H3/t16-,17-/m0/s1. The predicted molar refractivity (Wildman–Crippen MR) is 91.4 cm³/mol. The highest BCUT2D eigenvalue weighted by Crippen LogP contribution is 2.18. The van der Waals surface area contributed by atoms with Gasteiger partial charge in [0.05, 0.1) is 11.8 Å². The van der Waals surface area contributed by atoms with Crippen molar-refractivity contribution in [3.8, 4) is 0 Å². The summed E-state index contributed by atoms with van der Waals surface area (Å²) < 4.78 is 0. The highest BCUT2D eigenvalue weighted by molar-refractivity contribution is 5.38. The molecule has 2 atom stereocenters. The first kappa shape index (κ1) is 15.9. The van der Waals surface area contributed by atoms with Crippen LogP contribution in [0.2, 0.25) is 0 Å². The van der Waals surface area contributed by atoms with Crippen molar-refractivity contribution in [2.75, 3.05) is 24.5 Å². The number of anilines is 1. The maximum Gasteiger partial charge on any atom is 0.151 e. The van der Waals surface area contributed by atoms with Crippen molar-refractivity contribution in [1.82, 2.24) is 15.5 Å². The smallest absolute Gasteiger partial charge is 0.151 e. The van der Waals surface area contributed by atoms with Gasteiger partial charge in [-0.3, -0.25) is 0 Å². The minimum absolute atomic E-state index is 0.366. The first-order valence-electron chi connectivity index (χ1n) is 8.24. The van der Waals surface area contributed by atoms with E-state index in [4.69, 9.17) is 0 Å². The van der Waals surface area contributed by atoms with E-state index in [1.165, 1.54) is 0 Å². The van der Waals surface area contributed by atoms with Crippen molar-refractivity contribution in [2.45, 2.75) is 31.9 Å².